The quantitative estimate of drug-likeness (QED) is 0.293. The Hall–Kier alpha value is -1.94. The van der Waals surface area contributed by atoms with Gasteiger partial charge in [0.25, 0.3) is 0 Å². The molecule has 4 rings (SSSR count). The van der Waals surface area contributed by atoms with E-state index in [0.29, 0.717) is 39.0 Å². The summed E-state index contributed by atoms with van der Waals surface area (Å²) in [4.78, 5) is 13.7. The highest BCUT2D eigenvalue weighted by molar-refractivity contribution is 9.10. The number of aromatic nitrogens is 2. The predicted molar refractivity (Wildman–Crippen MR) is 137 cm³/mol. The van der Waals surface area contributed by atoms with E-state index in [0.717, 1.165) is 34.9 Å². The predicted octanol–water partition coefficient (Wildman–Crippen LogP) is 6.13. The van der Waals surface area contributed by atoms with Crippen LogP contribution in [0.2, 0.25) is 5.02 Å². The lowest BCUT2D eigenvalue weighted by molar-refractivity contribution is 0.0601. The van der Waals surface area contributed by atoms with E-state index in [1.807, 2.05) is 35.1 Å². The summed E-state index contributed by atoms with van der Waals surface area (Å²) in [6.07, 6.45) is 4.78. The number of fused-ring (bicyclic) bond motifs is 1. The van der Waals surface area contributed by atoms with Crippen molar-refractivity contribution >= 4 is 73.0 Å². The van der Waals surface area contributed by atoms with Crippen molar-refractivity contribution in [3.8, 4) is 0 Å². The molecule has 1 atom stereocenters. The van der Waals surface area contributed by atoms with Crippen LogP contribution in [0.25, 0.3) is 0 Å². The second-order valence-electron chi connectivity index (χ2n) is 7.78. The van der Waals surface area contributed by atoms with Crippen LogP contribution in [0.5, 0.6) is 0 Å². The van der Waals surface area contributed by atoms with Crippen molar-refractivity contribution in [1.29, 1.82) is 0 Å². The molecule has 3 aromatic rings. The number of carbonyl (C=O) groups is 1. The van der Waals surface area contributed by atoms with Gasteiger partial charge >= 0.3 is 5.97 Å². The lowest BCUT2D eigenvalue weighted by Crippen LogP contribution is -2.21. The number of halogens is 2. The molecule has 1 aromatic carbocycles. The summed E-state index contributed by atoms with van der Waals surface area (Å²) in [6, 6.07) is 7.64. The normalized spacial score (nSPS) is 15.2. The largest absolute Gasteiger partial charge is 0.465 e. The number of rotatable bonds is 5. The summed E-state index contributed by atoms with van der Waals surface area (Å²) in [5.74, 6) is 0.854. The Labute approximate surface area is 209 Å². The van der Waals surface area contributed by atoms with Gasteiger partial charge in [0, 0.05) is 16.1 Å². The molecule has 0 unspecified atom stereocenters. The van der Waals surface area contributed by atoms with E-state index in [4.69, 9.17) is 28.6 Å². The van der Waals surface area contributed by atoms with Crippen LogP contribution in [0, 0.1) is 5.92 Å². The summed E-state index contributed by atoms with van der Waals surface area (Å²) < 4.78 is 7.64. The molecule has 0 saturated carbocycles. The van der Waals surface area contributed by atoms with Crippen LogP contribution >= 0.6 is 51.1 Å². The molecule has 0 saturated heterocycles. The van der Waals surface area contributed by atoms with Crippen LogP contribution in [0.15, 0.2) is 34.9 Å². The molecular formula is C22H22BrClN4O2S2. The maximum atomic E-state index is 12.5. The lowest BCUT2D eigenvalue weighted by Gasteiger charge is -2.18. The number of nitrogens with zero attached hydrogens (tertiary/aromatic N) is 2. The lowest BCUT2D eigenvalue weighted by atomic mass is 9.88. The van der Waals surface area contributed by atoms with Gasteiger partial charge in [-0.1, -0.05) is 30.7 Å². The molecule has 10 heteroatoms. The fourth-order valence-corrected chi connectivity index (χ4v) is 5.95. The summed E-state index contributed by atoms with van der Waals surface area (Å²) in [7, 11) is 1.41. The van der Waals surface area contributed by atoms with Crippen molar-refractivity contribution in [1.82, 2.24) is 9.78 Å². The summed E-state index contributed by atoms with van der Waals surface area (Å²) in [5, 5.41) is 12.7. The van der Waals surface area contributed by atoms with Gasteiger partial charge in [-0.3, -0.25) is 4.68 Å². The first-order valence-electron chi connectivity index (χ1n) is 10.1. The molecule has 2 heterocycles. The molecule has 1 aliphatic carbocycles. The second-order valence-corrected chi connectivity index (χ2v) is 10.6. The van der Waals surface area contributed by atoms with E-state index in [2.05, 4.69) is 38.6 Å². The summed E-state index contributed by atoms with van der Waals surface area (Å²) >= 11 is 16.6. The Kier molecular flexibility index (Phi) is 7.19. The minimum Gasteiger partial charge on any atom is -0.465 e. The Morgan fingerprint density at radius 2 is 2.12 bits per heavy atom. The number of thiocarbonyl (C=S) groups is 1. The maximum Gasteiger partial charge on any atom is 0.341 e. The van der Waals surface area contributed by atoms with E-state index in [1.165, 1.54) is 12.0 Å². The average molecular weight is 554 g/mol. The van der Waals surface area contributed by atoms with Crippen molar-refractivity contribution in [2.24, 2.45) is 5.92 Å². The minimum atomic E-state index is -0.337. The highest BCUT2D eigenvalue weighted by Gasteiger charge is 2.28. The van der Waals surface area contributed by atoms with Gasteiger partial charge in [0.15, 0.2) is 10.9 Å². The first-order valence-corrected chi connectivity index (χ1v) is 12.5. The Bertz CT molecular complexity index is 1160. The third kappa shape index (κ3) is 5.17. The minimum absolute atomic E-state index is 0.337. The zero-order chi connectivity index (χ0) is 22.8. The van der Waals surface area contributed by atoms with Crippen LogP contribution in [0.3, 0.4) is 0 Å². The van der Waals surface area contributed by atoms with Gasteiger partial charge in [0.05, 0.1) is 23.7 Å². The van der Waals surface area contributed by atoms with Gasteiger partial charge in [-0.05, 0) is 76.6 Å². The number of benzene rings is 1. The number of carbonyl (C=O) groups excluding carboxylic acids is 1. The molecule has 0 fully saturated rings. The molecule has 0 amide bonds. The van der Waals surface area contributed by atoms with E-state index in [9.17, 15) is 4.79 Å². The van der Waals surface area contributed by atoms with Crippen molar-refractivity contribution in [3.05, 3.63) is 61.5 Å². The number of nitrogens with one attached hydrogen (secondary N) is 2. The Morgan fingerprint density at radius 1 is 1.38 bits per heavy atom. The third-order valence-electron chi connectivity index (χ3n) is 5.34. The molecule has 0 radical (unpaired) electrons. The molecule has 2 N–H and O–H groups in total. The zero-order valence-corrected chi connectivity index (χ0v) is 21.6. The number of hydrogen-bond donors (Lipinski definition) is 2. The highest BCUT2D eigenvalue weighted by Crippen LogP contribution is 2.40. The maximum absolute atomic E-state index is 12.5. The number of ether oxygens (including phenoxy) is 1. The van der Waals surface area contributed by atoms with Crippen LogP contribution < -0.4 is 10.6 Å². The summed E-state index contributed by atoms with van der Waals surface area (Å²) in [5.41, 5.74) is 2.76. The molecule has 2 aromatic heterocycles. The average Bonchev–Trinajstić information content (AvgIpc) is 3.27. The standard InChI is InChI=1S/C22H22BrClN4O2S2/c1-12-3-8-15-17(9-12)32-20(18(15)21(29)30-2)26-22(31)25-19-16(23)11-28(27-19)10-13-4-6-14(24)7-5-13/h4-7,11-12H,3,8-10H2,1-2H3,(H2,25,26,27,31)/t12-/m0/s1. The fourth-order valence-electron chi connectivity index (χ4n) is 3.74. The molecule has 6 nitrogen and oxygen atoms in total. The monoisotopic (exact) mass is 552 g/mol. The van der Waals surface area contributed by atoms with Crippen LogP contribution in [-0.4, -0.2) is 28.0 Å². The number of methoxy groups -OCH3 is 1. The molecule has 0 spiro atoms. The van der Waals surface area contributed by atoms with Gasteiger partial charge in [-0.15, -0.1) is 11.3 Å². The molecule has 1 aliphatic rings. The molecular weight excluding hydrogens is 532 g/mol. The van der Waals surface area contributed by atoms with Crippen molar-refractivity contribution in [3.63, 3.8) is 0 Å². The second kappa shape index (κ2) is 9.91. The first-order chi connectivity index (χ1) is 15.3. The van der Waals surface area contributed by atoms with Gasteiger partial charge in [-0.2, -0.15) is 5.10 Å². The van der Waals surface area contributed by atoms with Crippen molar-refractivity contribution < 1.29 is 9.53 Å². The molecule has 0 aliphatic heterocycles. The Balaban J connectivity index is 1.49. The van der Waals surface area contributed by atoms with Gasteiger partial charge in [0.1, 0.15) is 5.00 Å². The zero-order valence-electron chi connectivity index (χ0n) is 17.6. The topological polar surface area (TPSA) is 68.2 Å². The smallest absolute Gasteiger partial charge is 0.341 e. The molecule has 32 heavy (non-hydrogen) atoms. The van der Waals surface area contributed by atoms with Crippen LogP contribution in [0.1, 0.15) is 39.7 Å². The Morgan fingerprint density at radius 3 is 2.84 bits per heavy atom. The van der Waals surface area contributed by atoms with Gasteiger partial charge in [0.2, 0.25) is 0 Å². The number of hydrogen-bond acceptors (Lipinski definition) is 5. The number of esters is 1. The van der Waals surface area contributed by atoms with Crippen molar-refractivity contribution in [2.75, 3.05) is 17.7 Å². The van der Waals surface area contributed by atoms with Gasteiger partial charge < -0.3 is 15.4 Å². The fraction of sp³-hybridized carbons (Fsp3) is 0.318. The molecule has 168 valence electrons. The number of anilines is 2. The summed E-state index contributed by atoms with van der Waals surface area (Å²) in [6.45, 7) is 2.83. The highest BCUT2D eigenvalue weighted by atomic mass is 79.9. The van der Waals surface area contributed by atoms with E-state index in [1.54, 1.807) is 11.3 Å². The van der Waals surface area contributed by atoms with E-state index < -0.39 is 0 Å². The number of thiophene rings is 1. The van der Waals surface area contributed by atoms with E-state index >= 15 is 0 Å². The first kappa shape index (κ1) is 23.2. The van der Waals surface area contributed by atoms with Gasteiger partial charge in [-0.25, -0.2) is 4.79 Å². The van der Waals surface area contributed by atoms with E-state index in [-0.39, 0.29) is 5.97 Å². The third-order valence-corrected chi connectivity index (χ3v) is 7.54. The SMILES string of the molecule is COC(=O)c1c(NC(=S)Nc2nn(Cc3ccc(Cl)cc3)cc2Br)sc2c1CC[C@H](C)C2. The van der Waals surface area contributed by atoms with Crippen molar-refractivity contribution in [2.45, 2.75) is 32.7 Å². The van der Waals surface area contributed by atoms with Crippen LogP contribution in [-0.2, 0) is 24.1 Å². The van der Waals surface area contributed by atoms with Crippen LogP contribution in [0.4, 0.5) is 10.8 Å². The molecule has 0 bridgehead atoms.